The summed E-state index contributed by atoms with van der Waals surface area (Å²) in [7, 11) is 1.61. The molecule has 1 aromatic carbocycles. The summed E-state index contributed by atoms with van der Waals surface area (Å²) < 4.78 is 6.87. The van der Waals surface area contributed by atoms with E-state index < -0.39 is 11.9 Å². The highest BCUT2D eigenvalue weighted by Gasteiger charge is 2.39. The van der Waals surface area contributed by atoms with Crippen LogP contribution in [0.15, 0.2) is 24.4 Å². The summed E-state index contributed by atoms with van der Waals surface area (Å²) in [5, 5.41) is 10.5. The minimum Gasteiger partial charge on any atom is -0.375 e. The van der Waals surface area contributed by atoms with Crippen molar-refractivity contribution in [2.75, 3.05) is 7.11 Å². The molecule has 0 bridgehead atoms. The van der Waals surface area contributed by atoms with Crippen LogP contribution in [0, 0.1) is 0 Å². The number of aromatic nitrogens is 3. The number of nitrogens with one attached hydrogen (secondary N) is 1. The van der Waals surface area contributed by atoms with E-state index in [1.165, 1.54) is 4.90 Å². The Balaban J connectivity index is 1.58. The van der Waals surface area contributed by atoms with Crippen molar-refractivity contribution >= 4 is 17.7 Å². The number of benzene rings is 1. The van der Waals surface area contributed by atoms with Crippen LogP contribution in [0.1, 0.15) is 47.5 Å². The number of carbonyl (C=O) groups excluding carboxylic acids is 3. The van der Waals surface area contributed by atoms with Gasteiger partial charge < -0.3 is 9.64 Å². The van der Waals surface area contributed by atoms with E-state index >= 15 is 0 Å². The van der Waals surface area contributed by atoms with E-state index in [-0.39, 0.29) is 24.3 Å². The third-order valence-electron chi connectivity index (χ3n) is 5.05. The van der Waals surface area contributed by atoms with E-state index in [4.69, 9.17) is 4.74 Å². The molecule has 0 spiro atoms. The number of nitrogens with zero attached hydrogens (tertiary/aromatic N) is 4. The van der Waals surface area contributed by atoms with Crippen LogP contribution >= 0.6 is 0 Å². The molecule has 3 heterocycles. The first-order valence-electron chi connectivity index (χ1n) is 8.71. The Morgan fingerprint density at radius 1 is 1.30 bits per heavy atom. The zero-order chi connectivity index (χ0) is 19.1. The molecular weight excluding hydrogens is 350 g/mol. The lowest BCUT2D eigenvalue weighted by Crippen LogP contribution is -2.52. The molecule has 0 aliphatic carbocycles. The van der Waals surface area contributed by atoms with Crippen molar-refractivity contribution < 1.29 is 19.1 Å². The maximum Gasteiger partial charge on any atom is 0.255 e. The second-order valence-electron chi connectivity index (χ2n) is 6.71. The molecule has 4 rings (SSSR count). The fourth-order valence-electron chi connectivity index (χ4n) is 3.41. The van der Waals surface area contributed by atoms with Crippen LogP contribution < -0.4 is 5.32 Å². The summed E-state index contributed by atoms with van der Waals surface area (Å²) in [6, 6.07) is 4.78. The summed E-state index contributed by atoms with van der Waals surface area (Å²) >= 11 is 0. The highest BCUT2D eigenvalue weighted by atomic mass is 16.5. The Hall–Kier alpha value is -3.07. The van der Waals surface area contributed by atoms with Gasteiger partial charge >= 0.3 is 0 Å². The minimum absolute atomic E-state index is 0.169. The summed E-state index contributed by atoms with van der Waals surface area (Å²) in [6.07, 6.45) is 2.20. The number of fused-ring (bicyclic) bond motifs is 1. The quantitative estimate of drug-likeness (QED) is 0.797. The van der Waals surface area contributed by atoms with Gasteiger partial charge in [-0.1, -0.05) is 5.21 Å². The fourth-order valence-corrected chi connectivity index (χ4v) is 3.41. The Morgan fingerprint density at radius 2 is 2.11 bits per heavy atom. The van der Waals surface area contributed by atoms with E-state index in [0.717, 1.165) is 11.3 Å². The van der Waals surface area contributed by atoms with Gasteiger partial charge in [0.05, 0.1) is 18.0 Å². The molecule has 2 aliphatic heterocycles. The number of hydrogen-bond acceptors (Lipinski definition) is 6. The lowest BCUT2D eigenvalue weighted by molar-refractivity contribution is -0.136. The van der Waals surface area contributed by atoms with Gasteiger partial charge in [0, 0.05) is 25.6 Å². The molecule has 0 saturated carbocycles. The average molecular weight is 369 g/mol. The normalized spacial score (nSPS) is 20.6. The molecule has 2 unspecified atom stereocenters. The number of piperidine rings is 1. The van der Waals surface area contributed by atoms with Gasteiger partial charge in [-0.3, -0.25) is 19.7 Å². The standard InChI is InChI=1S/C18H19N5O4/c1-10(27-2)14-9-23(21-20-14)12-3-4-13-11(7-12)8-22(18(13)26)15-5-6-16(24)19-17(15)25/h3-4,7,9-10,15H,5-6,8H2,1-2H3,(H,19,24,25). The maximum atomic E-state index is 12.7. The summed E-state index contributed by atoms with van der Waals surface area (Å²) in [5.74, 6) is -0.907. The van der Waals surface area contributed by atoms with E-state index in [9.17, 15) is 14.4 Å². The largest absolute Gasteiger partial charge is 0.375 e. The monoisotopic (exact) mass is 369 g/mol. The zero-order valence-electron chi connectivity index (χ0n) is 15.0. The number of ether oxygens (including phenoxy) is 1. The molecule has 9 nitrogen and oxygen atoms in total. The number of amides is 3. The lowest BCUT2D eigenvalue weighted by atomic mass is 10.0. The third-order valence-corrected chi connectivity index (χ3v) is 5.05. The van der Waals surface area contributed by atoms with Crippen molar-refractivity contribution in [3.8, 4) is 5.69 Å². The van der Waals surface area contributed by atoms with E-state index in [1.807, 2.05) is 13.0 Å². The summed E-state index contributed by atoms with van der Waals surface area (Å²) in [4.78, 5) is 37.7. The van der Waals surface area contributed by atoms with Crippen LogP contribution in [0.3, 0.4) is 0 Å². The predicted octanol–water partition coefficient (Wildman–Crippen LogP) is 0.736. The van der Waals surface area contributed by atoms with Crippen molar-refractivity contribution in [1.29, 1.82) is 0 Å². The number of hydrogen-bond donors (Lipinski definition) is 1. The van der Waals surface area contributed by atoms with Crippen LogP contribution in [0.2, 0.25) is 0 Å². The smallest absolute Gasteiger partial charge is 0.255 e. The molecule has 27 heavy (non-hydrogen) atoms. The highest BCUT2D eigenvalue weighted by Crippen LogP contribution is 2.29. The first-order valence-corrected chi connectivity index (χ1v) is 8.71. The van der Waals surface area contributed by atoms with Crippen molar-refractivity contribution in [1.82, 2.24) is 25.2 Å². The Labute approximate surface area is 155 Å². The van der Waals surface area contributed by atoms with Crippen LogP contribution in [-0.2, 0) is 20.9 Å². The molecule has 1 fully saturated rings. The highest BCUT2D eigenvalue weighted by molar-refractivity contribution is 6.05. The molecular formula is C18H19N5O4. The van der Waals surface area contributed by atoms with Crippen LogP contribution in [0.5, 0.6) is 0 Å². The third kappa shape index (κ3) is 2.99. The molecule has 1 N–H and O–H groups in total. The topological polar surface area (TPSA) is 106 Å². The van der Waals surface area contributed by atoms with E-state index in [0.29, 0.717) is 24.2 Å². The molecule has 2 aromatic rings. The van der Waals surface area contributed by atoms with Gasteiger partial charge in [-0.2, -0.15) is 0 Å². The van der Waals surface area contributed by atoms with Crippen molar-refractivity contribution in [3.05, 3.63) is 41.2 Å². The van der Waals surface area contributed by atoms with Crippen LogP contribution in [-0.4, -0.2) is 50.8 Å². The zero-order valence-corrected chi connectivity index (χ0v) is 15.0. The Bertz CT molecular complexity index is 938. The maximum absolute atomic E-state index is 12.7. The molecule has 3 amide bonds. The van der Waals surface area contributed by atoms with Gasteiger partial charge in [-0.15, -0.1) is 5.10 Å². The summed E-state index contributed by atoms with van der Waals surface area (Å²) in [6.45, 7) is 2.21. The van der Waals surface area contributed by atoms with E-state index in [2.05, 4.69) is 15.6 Å². The Morgan fingerprint density at radius 3 is 2.85 bits per heavy atom. The first kappa shape index (κ1) is 17.3. The number of carbonyl (C=O) groups is 3. The van der Waals surface area contributed by atoms with Crippen LogP contribution in [0.25, 0.3) is 5.69 Å². The second-order valence-corrected chi connectivity index (χ2v) is 6.71. The molecule has 2 atom stereocenters. The summed E-state index contributed by atoms with van der Waals surface area (Å²) in [5.41, 5.74) is 2.86. The molecule has 1 saturated heterocycles. The van der Waals surface area contributed by atoms with Gasteiger partial charge in [0.25, 0.3) is 5.91 Å². The number of imide groups is 1. The molecule has 9 heteroatoms. The van der Waals surface area contributed by atoms with Crippen LogP contribution in [0.4, 0.5) is 0 Å². The van der Waals surface area contributed by atoms with Crippen molar-refractivity contribution in [2.45, 2.75) is 38.5 Å². The Kier molecular flexibility index (Phi) is 4.23. The SMILES string of the molecule is COC(C)c1cn(-c2ccc3c(c2)CN(C2CCC(=O)NC2=O)C3=O)nn1. The van der Waals surface area contributed by atoms with Gasteiger partial charge in [0.2, 0.25) is 11.8 Å². The van der Waals surface area contributed by atoms with Gasteiger partial charge in [0.1, 0.15) is 11.7 Å². The predicted molar refractivity (Wildman–Crippen MR) is 92.8 cm³/mol. The molecule has 1 aromatic heterocycles. The number of methoxy groups -OCH3 is 1. The van der Waals surface area contributed by atoms with E-state index in [1.54, 1.807) is 30.1 Å². The van der Waals surface area contributed by atoms with Crippen molar-refractivity contribution in [3.63, 3.8) is 0 Å². The molecule has 2 aliphatic rings. The fraction of sp³-hybridized carbons (Fsp3) is 0.389. The van der Waals surface area contributed by atoms with Gasteiger partial charge in [0.15, 0.2) is 0 Å². The van der Waals surface area contributed by atoms with Crippen molar-refractivity contribution in [2.24, 2.45) is 0 Å². The second kappa shape index (κ2) is 6.58. The van der Waals surface area contributed by atoms with Gasteiger partial charge in [-0.25, -0.2) is 4.68 Å². The number of rotatable bonds is 4. The first-order chi connectivity index (χ1) is 13.0. The van der Waals surface area contributed by atoms with Gasteiger partial charge in [-0.05, 0) is 37.1 Å². The molecule has 140 valence electrons. The molecule has 0 radical (unpaired) electrons. The average Bonchev–Trinajstić information content (AvgIpc) is 3.26. The minimum atomic E-state index is -0.619. The lowest BCUT2D eigenvalue weighted by Gasteiger charge is -2.29.